The molecule has 2 atom stereocenters. The highest BCUT2D eigenvalue weighted by Gasteiger charge is 2.22. The lowest BCUT2D eigenvalue weighted by atomic mass is 10.1. The molecule has 1 N–H and O–H groups in total. The van der Waals surface area contributed by atoms with Gasteiger partial charge in [0.1, 0.15) is 0 Å². The number of hydrogen-bond acceptors (Lipinski definition) is 3. The molecule has 0 radical (unpaired) electrons. The van der Waals surface area contributed by atoms with E-state index in [1.165, 1.54) is 6.92 Å². The first-order valence-corrected chi connectivity index (χ1v) is 7.37. The van der Waals surface area contributed by atoms with E-state index < -0.39 is 15.3 Å². The van der Waals surface area contributed by atoms with Crippen molar-refractivity contribution in [2.75, 3.05) is 0 Å². The van der Waals surface area contributed by atoms with Gasteiger partial charge in [-0.15, -0.1) is 0 Å². The van der Waals surface area contributed by atoms with Crippen molar-refractivity contribution < 1.29 is 8.42 Å². The second-order valence-electron chi connectivity index (χ2n) is 3.71. The zero-order chi connectivity index (χ0) is 13.1. The minimum atomic E-state index is -3.59. The van der Waals surface area contributed by atoms with Crippen LogP contribution in [0.15, 0.2) is 28.7 Å². The van der Waals surface area contributed by atoms with Gasteiger partial charge in [0.15, 0.2) is 5.25 Å². The third-order valence-electron chi connectivity index (χ3n) is 2.36. The van der Waals surface area contributed by atoms with Crippen molar-refractivity contribution in [2.24, 2.45) is 0 Å². The Morgan fingerprint density at radius 2 is 1.82 bits per heavy atom. The Hall–Kier alpha value is -0.900. The van der Waals surface area contributed by atoms with Gasteiger partial charge >= 0.3 is 0 Å². The zero-order valence-electron chi connectivity index (χ0n) is 9.51. The van der Waals surface area contributed by atoms with Gasteiger partial charge < -0.3 is 0 Å². The van der Waals surface area contributed by atoms with Crippen LogP contribution in [0.1, 0.15) is 25.5 Å². The predicted molar refractivity (Wildman–Crippen MR) is 69.7 cm³/mol. The van der Waals surface area contributed by atoms with E-state index in [4.69, 9.17) is 5.26 Å². The van der Waals surface area contributed by atoms with Gasteiger partial charge in [-0.05, 0) is 31.5 Å². The smallest absolute Gasteiger partial charge is 0.211 e. The first-order chi connectivity index (χ1) is 7.86. The molecule has 0 bridgehead atoms. The van der Waals surface area contributed by atoms with Gasteiger partial charge in [-0.1, -0.05) is 28.1 Å². The lowest BCUT2D eigenvalue weighted by Gasteiger charge is -2.15. The summed E-state index contributed by atoms with van der Waals surface area (Å²) in [5.74, 6) is 0. The molecule has 92 valence electrons. The number of rotatable bonds is 4. The summed E-state index contributed by atoms with van der Waals surface area (Å²) >= 11 is 3.31. The summed E-state index contributed by atoms with van der Waals surface area (Å²) in [6.07, 6.45) is 0. The molecule has 0 saturated carbocycles. The van der Waals surface area contributed by atoms with E-state index in [2.05, 4.69) is 20.7 Å². The van der Waals surface area contributed by atoms with E-state index in [1.54, 1.807) is 13.0 Å². The Morgan fingerprint density at radius 1 is 1.29 bits per heavy atom. The van der Waals surface area contributed by atoms with Crippen LogP contribution in [0.5, 0.6) is 0 Å². The lowest BCUT2D eigenvalue weighted by molar-refractivity contribution is 0.562. The Balaban J connectivity index is 2.84. The Kier molecular flexibility index (Phi) is 4.69. The molecular weight excluding hydrogens is 304 g/mol. The summed E-state index contributed by atoms with van der Waals surface area (Å²) in [5.41, 5.74) is 0.849. The summed E-state index contributed by atoms with van der Waals surface area (Å²) in [6.45, 7) is 3.10. The van der Waals surface area contributed by atoms with E-state index in [9.17, 15) is 8.42 Å². The minimum Gasteiger partial charge on any atom is -0.211 e. The van der Waals surface area contributed by atoms with E-state index in [0.717, 1.165) is 10.0 Å². The first-order valence-electron chi connectivity index (χ1n) is 5.03. The van der Waals surface area contributed by atoms with Gasteiger partial charge in [-0.25, -0.2) is 13.1 Å². The molecular formula is C11H13BrN2O2S. The maximum Gasteiger partial charge on any atom is 0.228 e. The fourth-order valence-electron chi connectivity index (χ4n) is 1.24. The zero-order valence-corrected chi connectivity index (χ0v) is 11.9. The number of nitrogens with one attached hydrogen (secondary N) is 1. The number of sulfonamides is 1. The summed E-state index contributed by atoms with van der Waals surface area (Å²) in [7, 11) is -3.59. The van der Waals surface area contributed by atoms with Crippen LogP contribution in [0.2, 0.25) is 0 Å². The Labute approximate surface area is 110 Å². The summed E-state index contributed by atoms with van der Waals surface area (Å²) in [6, 6.07) is 8.69. The average molecular weight is 317 g/mol. The number of nitrogens with zero attached hydrogens (tertiary/aromatic N) is 1. The van der Waals surface area contributed by atoms with Gasteiger partial charge in [0, 0.05) is 10.5 Å². The monoisotopic (exact) mass is 316 g/mol. The van der Waals surface area contributed by atoms with Crippen molar-refractivity contribution in [1.29, 1.82) is 5.26 Å². The molecule has 6 heteroatoms. The third kappa shape index (κ3) is 3.80. The van der Waals surface area contributed by atoms with Crippen molar-refractivity contribution in [3.8, 4) is 6.07 Å². The first kappa shape index (κ1) is 14.2. The van der Waals surface area contributed by atoms with Crippen LogP contribution in [0, 0.1) is 11.3 Å². The summed E-state index contributed by atoms with van der Waals surface area (Å²) < 4.78 is 26.7. The van der Waals surface area contributed by atoms with Crippen LogP contribution >= 0.6 is 15.9 Å². The topological polar surface area (TPSA) is 70.0 Å². The highest BCUT2D eigenvalue weighted by atomic mass is 79.9. The predicted octanol–water partition coefficient (Wildman–Crippen LogP) is 2.34. The fourth-order valence-corrected chi connectivity index (χ4v) is 2.47. The molecule has 1 aromatic carbocycles. The number of benzene rings is 1. The van der Waals surface area contributed by atoms with Gasteiger partial charge in [0.05, 0.1) is 6.07 Å². The van der Waals surface area contributed by atoms with E-state index in [0.29, 0.717) is 0 Å². The molecule has 0 saturated heterocycles. The molecule has 0 aliphatic carbocycles. The molecule has 0 aliphatic rings. The normalized spacial score (nSPS) is 14.9. The molecule has 0 spiro atoms. The van der Waals surface area contributed by atoms with Crippen LogP contribution in [0.4, 0.5) is 0 Å². The highest BCUT2D eigenvalue weighted by Crippen LogP contribution is 2.17. The SMILES string of the molecule is CC(C#N)S(=O)(=O)N[C@H](C)c1ccc(Br)cc1. The van der Waals surface area contributed by atoms with Crippen LogP contribution < -0.4 is 4.72 Å². The van der Waals surface area contributed by atoms with Crippen LogP contribution in [0.3, 0.4) is 0 Å². The van der Waals surface area contributed by atoms with Crippen molar-refractivity contribution in [3.63, 3.8) is 0 Å². The molecule has 1 rings (SSSR count). The minimum absolute atomic E-state index is 0.358. The van der Waals surface area contributed by atoms with Gasteiger partial charge in [-0.2, -0.15) is 5.26 Å². The van der Waals surface area contributed by atoms with Crippen molar-refractivity contribution in [2.45, 2.75) is 25.1 Å². The second kappa shape index (κ2) is 5.63. The van der Waals surface area contributed by atoms with E-state index in [-0.39, 0.29) is 6.04 Å². The van der Waals surface area contributed by atoms with Crippen LogP contribution in [-0.2, 0) is 10.0 Å². The molecule has 1 aromatic rings. The molecule has 0 aliphatic heterocycles. The maximum atomic E-state index is 11.7. The second-order valence-corrected chi connectivity index (χ2v) is 6.66. The molecule has 17 heavy (non-hydrogen) atoms. The molecule has 4 nitrogen and oxygen atoms in total. The van der Waals surface area contributed by atoms with Crippen molar-refractivity contribution >= 4 is 26.0 Å². The number of hydrogen-bond donors (Lipinski definition) is 1. The third-order valence-corrected chi connectivity index (χ3v) is 4.61. The van der Waals surface area contributed by atoms with Crippen LogP contribution in [-0.4, -0.2) is 13.7 Å². The fraction of sp³-hybridized carbons (Fsp3) is 0.364. The van der Waals surface area contributed by atoms with E-state index in [1.807, 2.05) is 24.3 Å². The number of nitriles is 1. The quantitative estimate of drug-likeness (QED) is 0.926. The summed E-state index contributed by atoms with van der Waals surface area (Å²) in [5, 5.41) is 7.56. The molecule has 0 amide bonds. The lowest BCUT2D eigenvalue weighted by Crippen LogP contribution is -2.33. The van der Waals surface area contributed by atoms with Gasteiger partial charge in [0.2, 0.25) is 10.0 Å². The molecule has 0 heterocycles. The average Bonchev–Trinajstić information content (AvgIpc) is 2.28. The largest absolute Gasteiger partial charge is 0.228 e. The maximum absolute atomic E-state index is 11.7. The molecule has 0 aromatic heterocycles. The standard InChI is InChI=1S/C11H13BrN2O2S/c1-8(7-13)17(15,16)14-9(2)10-3-5-11(12)6-4-10/h3-6,8-9,14H,1-2H3/t8?,9-/m1/s1. The van der Waals surface area contributed by atoms with Crippen molar-refractivity contribution in [3.05, 3.63) is 34.3 Å². The van der Waals surface area contributed by atoms with Crippen LogP contribution in [0.25, 0.3) is 0 Å². The van der Waals surface area contributed by atoms with Gasteiger partial charge in [0.25, 0.3) is 0 Å². The van der Waals surface area contributed by atoms with E-state index >= 15 is 0 Å². The highest BCUT2D eigenvalue weighted by molar-refractivity contribution is 9.10. The molecule has 0 fully saturated rings. The van der Waals surface area contributed by atoms with Crippen molar-refractivity contribution in [1.82, 2.24) is 4.72 Å². The van der Waals surface area contributed by atoms with Gasteiger partial charge in [-0.3, -0.25) is 0 Å². The number of halogens is 1. The molecule has 1 unspecified atom stereocenters. The summed E-state index contributed by atoms with van der Waals surface area (Å²) in [4.78, 5) is 0. The Morgan fingerprint density at radius 3 is 2.29 bits per heavy atom. The Bertz CT molecular complexity index is 519.